The Morgan fingerprint density at radius 1 is 1.18 bits per heavy atom. The maximum absolute atomic E-state index is 14.6. The molecule has 4 rings (SSSR count). The van der Waals surface area contributed by atoms with Gasteiger partial charge in [0, 0.05) is 23.6 Å². The lowest BCUT2D eigenvalue weighted by Gasteiger charge is -2.16. The highest BCUT2D eigenvalue weighted by atomic mass is 19.1. The van der Waals surface area contributed by atoms with E-state index in [-0.39, 0.29) is 18.6 Å². The van der Waals surface area contributed by atoms with Gasteiger partial charge in [-0.25, -0.2) is 4.39 Å². The molecule has 1 amide bonds. The Morgan fingerprint density at radius 3 is 2.43 bits per heavy atom. The third-order valence-corrected chi connectivity index (χ3v) is 5.57. The van der Waals surface area contributed by atoms with Crippen LogP contribution in [0.5, 0.6) is 5.75 Å². The summed E-state index contributed by atoms with van der Waals surface area (Å²) in [5.74, 6) is 0.301. The molecule has 0 spiro atoms. The molecule has 2 aromatic carbocycles. The molecule has 0 bridgehead atoms. The van der Waals surface area contributed by atoms with Crippen LogP contribution >= 0.6 is 0 Å². The number of aromatic nitrogens is 1. The molecule has 0 aliphatic heterocycles. The minimum Gasteiger partial charge on any atom is -0.497 e. The molecule has 2 N–H and O–H groups in total. The highest BCUT2D eigenvalue weighted by Crippen LogP contribution is 2.49. The molecule has 1 aromatic heterocycles. The normalized spacial score (nSPS) is 15.5. The summed E-state index contributed by atoms with van der Waals surface area (Å²) >= 11 is 0. The minimum absolute atomic E-state index is 0. The first-order chi connectivity index (χ1) is 13.2. The zero-order chi connectivity index (χ0) is 20.1. The van der Waals surface area contributed by atoms with Crippen LogP contribution in [-0.2, 0) is 15.6 Å². The fraction of sp³-hybridized carbons (Fsp3) is 0.348. The van der Waals surface area contributed by atoms with E-state index in [1.807, 2.05) is 36.4 Å². The van der Waals surface area contributed by atoms with Crippen LogP contribution in [0.25, 0.3) is 10.9 Å². The molecular weight excluding hydrogens is 355 g/mol. The van der Waals surface area contributed by atoms with Crippen LogP contribution in [0.4, 0.5) is 10.1 Å². The number of benzene rings is 2. The summed E-state index contributed by atoms with van der Waals surface area (Å²) in [6.45, 7) is 6.22. The first kappa shape index (κ1) is 18.5. The molecule has 1 fully saturated rings. The number of H-pyrrole nitrogens is 1. The van der Waals surface area contributed by atoms with Gasteiger partial charge in [0.05, 0.1) is 18.0 Å². The summed E-state index contributed by atoms with van der Waals surface area (Å²) in [5, 5.41) is 3.69. The van der Waals surface area contributed by atoms with Gasteiger partial charge in [-0.2, -0.15) is 0 Å². The van der Waals surface area contributed by atoms with E-state index in [0.717, 1.165) is 35.2 Å². The quantitative estimate of drug-likeness (QED) is 0.623. The molecule has 0 radical (unpaired) electrons. The predicted octanol–water partition coefficient (Wildman–Crippen LogP) is 5.53. The van der Waals surface area contributed by atoms with Crippen LogP contribution in [0.15, 0.2) is 42.5 Å². The smallest absolute Gasteiger partial charge is 0.235 e. The first-order valence-electron chi connectivity index (χ1n) is 9.52. The van der Waals surface area contributed by atoms with Gasteiger partial charge in [0.2, 0.25) is 5.91 Å². The number of hydrogen-bond acceptors (Lipinski definition) is 2. The van der Waals surface area contributed by atoms with E-state index in [1.165, 1.54) is 6.07 Å². The van der Waals surface area contributed by atoms with E-state index in [1.54, 1.807) is 7.11 Å². The average Bonchev–Trinajstić information content (AvgIpc) is 3.34. The zero-order valence-electron chi connectivity index (χ0n) is 16.7. The molecule has 148 valence electrons. The van der Waals surface area contributed by atoms with Crippen molar-refractivity contribution in [2.45, 2.75) is 44.4 Å². The van der Waals surface area contributed by atoms with Crippen molar-refractivity contribution in [2.24, 2.45) is 0 Å². The topological polar surface area (TPSA) is 54.1 Å². The fourth-order valence-corrected chi connectivity index (χ4v) is 3.61. The van der Waals surface area contributed by atoms with Crippen molar-refractivity contribution in [3.63, 3.8) is 0 Å². The van der Waals surface area contributed by atoms with Gasteiger partial charge in [0.15, 0.2) is 0 Å². The molecule has 3 aromatic rings. The monoisotopic (exact) mass is 382 g/mol. The van der Waals surface area contributed by atoms with Gasteiger partial charge in [0.25, 0.3) is 0 Å². The molecule has 1 saturated carbocycles. The number of halogens is 1. The van der Waals surface area contributed by atoms with Gasteiger partial charge in [-0.1, -0.05) is 32.9 Å². The number of hydrogen-bond donors (Lipinski definition) is 2. The lowest BCUT2D eigenvalue weighted by Crippen LogP contribution is -2.27. The summed E-state index contributed by atoms with van der Waals surface area (Å²) in [4.78, 5) is 16.2. The van der Waals surface area contributed by atoms with Crippen molar-refractivity contribution in [3.8, 4) is 5.75 Å². The lowest BCUT2D eigenvalue weighted by molar-refractivity contribution is -0.118. The molecule has 0 saturated heterocycles. The molecule has 0 unspecified atom stereocenters. The van der Waals surface area contributed by atoms with Gasteiger partial charge in [-0.05, 0) is 48.7 Å². The number of ether oxygens (including phenoxy) is 1. The van der Waals surface area contributed by atoms with Crippen molar-refractivity contribution in [1.82, 2.24) is 4.98 Å². The molecular formula is C23H27FN2O2. The Bertz CT molecular complexity index is 1050. The van der Waals surface area contributed by atoms with Crippen LogP contribution < -0.4 is 10.1 Å². The summed E-state index contributed by atoms with van der Waals surface area (Å²) < 4.78 is 19.8. The number of nitrogens with one attached hydrogen (secondary N) is 2. The second kappa shape index (κ2) is 6.36. The maximum Gasteiger partial charge on any atom is 0.235 e. The van der Waals surface area contributed by atoms with Gasteiger partial charge < -0.3 is 15.0 Å². The molecule has 5 heteroatoms. The number of anilines is 1. The van der Waals surface area contributed by atoms with Gasteiger partial charge in [-0.15, -0.1) is 0 Å². The number of rotatable bonds is 4. The third-order valence-electron chi connectivity index (χ3n) is 5.57. The minimum atomic E-state index is -0.535. The van der Waals surface area contributed by atoms with Crippen molar-refractivity contribution in [1.29, 1.82) is 0 Å². The van der Waals surface area contributed by atoms with Crippen LogP contribution in [0.2, 0.25) is 0 Å². The maximum atomic E-state index is 14.6. The second-order valence-corrected chi connectivity index (χ2v) is 8.62. The van der Waals surface area contributed by atoms with E-state index < -0.39 is 5.41 Å². The second-order valence-electron chi connectivity index (χ2n) is 8.62. The Hall–Kier alpha value is -2.82. The fourth-order valence-electron chi connectivity index (χ4n) is 3.61. The van der Waals surface area contributed by atoms with Crippen molar-refractivity contribution < 1.29 is 15.3 Å². The predicted molar refractivity (Wildman–Crippen MR) is 112 cm³/mol. The molecule has 1 aliphatic rings. The van der Waals surface area contributed by atoms with Crippen molar-refractivity contribution >= 4 is 22.5 Å². The van der Waals surface area contributed by atoms with E-state index in [2.05, 4.69) is 31.1 Å². The average molecular weight is 382 g/mol. The Labute approximate surface area is 165 Å². The SMILES string of the molecule is COc1ccc(C2(C(=O)Nc3cc(F)c4[nH]c(C(C)(C)C)cc4c3)CC2)cc1.[HH]. The number of fused-ring (bicyclic) bond motifs is 1. The Morgan fingerprint density at radius 2 is 1.86 bits per heavy atom. The third kappa shape index (κ3) is 3.15. The van der Waals surface area contributed by atoms with Crippen molar-refractivity contribution in [2.75, 3.05) is 12.4 Å². The Kier molecular flexibility index (Phi) is 4.21. The molecule has 0 atom stereocenters. The van der Waals surface area contributed by atoms with Crippen molar-refractivity contribution in [3.05, 3.63) is 59.5 Å². The van der Waals surface area contributed by atoms with E-state index in [9.17, 15) is 9.18 Å². The Balaban J connectivity index is 0.00000240. The summed E-state index contributed by atoms with van der Waals surface area (Å²) in [6, 6.07) is 12.7. The van der Waals surface area contributed by atoms with Crippen LogP contribution in [0.3, 0.4) is 0 Å². The number of amides is 1. The number of aromatic amines is 1. The van der Waals surface area contributed by atoms with E-state index >= 15 is 0 Å². The molecule has 1 heterocycles. The van der Waals surface area contributed by atoms with Gasteiger partial charge in [-0.3, -0.25) is 4.79 Å². The molecule has 28 heavy (non-hydrogen) atoms. The van der Waals surface area contributed by atoms with Crippen LogP contribution in [-0.4, -0.2) is 18.0 Å². The number of carbonyl (C=O) groups is 1. The largest absolute Gasteiger partial charge is 0.497 e. The standard InChI is InChI=1S/C23H25FN2O2.H2/c1-22(2,3)19-12-14-11-16(13-18(24)20(14)26-19)25-21(27)23(9-10-23)15-5-7-17(28-4)8-6-15;/h5-8,11-13,26H,9-10H2,1-4H3,(H,25,27);1H. The van der Waals surface area contributed by atoms with Crippen LogP contribution in [0, 0.1) is 5.82 Å². The zero-order valence-corrected chi connectivity index (χ0v) is 16.7. The lowest BCUT2D eigenvalue weighted by atomic mass is 9.92. The first-order valence-corrected chi connectivity index (χ1v) is 9.52. The van der Waals surface area contributed by atoms with Gasteiger partial charge >= 0.3 is 0 Å². The number of carbonyl (C=O) groups excluding carboxylic acids is 1. The molecule has 4 nitrogen and oxygen atoms in total. The summed E-state index contributed by atoms with van der Waals surface area (Å²) in [7, 11) is 1.62. The summed E-state index contributed by atoms with van der Waals surface area (Å²) in [6.07, 6.45) is 1.57. The highest BCUT2D eigenvalue weighted by Gasteiger charge is 2.51. The molecule has 1 aliphatic carbocycles. The van der Waals surface area contributed by atoms with Crippen LogP contribution in [0.1, 0.15) is 46.3 Å². The van der Waals surface area contributed by atoms with Gasteiger partial charge in [0.1, 0.15) is 11.6 Å². The summed E-state index contributed by atoms with van der Waals surface area (Å²) in [5.41, 5.74) is 2.23. The highest BCUT2D eigenvalue weighted by molar-refractivity contribution is 6.02. The van der Waals surface area contributed by atoms with E-state index in [4.69, 9.17) is 4.74 Å². The number of methoxy groups -OCH3 is 1. The van der Waals surface area contributed by atoms with E-state index in [0.29, 0.717) is 11.2 Å².